The molecule has 8 nitrogen and oxygen atoms in total. The largest absolute Gasteiger partial charge is 0.433 e. The Bertz CT molecular complexity index is 860. The van der Waals surface area contributed by atoms with Gasteiger partial charge in [0.25, 0.3) is 5.91 Å². The van der Waals surface area contributed by atoms with Gasteiger partial charge in [-0.15, -0.1) is 0 Å². The number of benzene rings is 1. The molecule has 26 heavy (non-hydrogen) atoms. The lowest BCUT2D eigenvalue weighted by molar-refractivity contribution is -0.402. The summed E-state index contributed by atoms with van der Waals surface area (Å²) < 4.78 is 4.91. The van der Waals surface area contributed by atoms with Gasteiger partial charge in [0.2, 0.25) is 0 Å². The molecule has 1 heterocycles. The van der Waals surface area contributed by atoms with E-state index >= 15 is 0 Å². The third-order valence-corrected chi connectivity index (χ3v) is 3.67. The monoisotopic (exact) mass is 374 g/mol. The Balaban J connectivity index is 1.88. The van der Waals surface area contributed by atoms with Crippen molar-refractivity contribution in [3.63, 3.8) is 0 Å². The summed E-state index contributed by atoms with van der Waals surface area (Å²) in [5.41, 5.74) is 8.06. The molecule has 0 atom stereocenters. The maximum atomic E-state index is 11.8. The molecule has 0 saturated carbocycles. The number of hydrogen-bond donors (Lipinski definition) is 3. The number of aryl methyl sites for hydroxylation is 2. The Hall–Kier alpha value is -3.20. The second kappa shape index (κ2) is 8.77. The number of nitrogens with zero attached hydrogens (tertiary/aromatic N) is 1. The molecular weight excluding hydrogens is 356 g/mol. The maximum absolute atomic E-state index is 11.8. The molecule has 0 aliphatic carbocycles. The Morgan fingerprint density at radius 3 is 2.73 bits per heavy atom. The topological polar surface area (TPSA) is 109 Å². The minimum atomic E-state index is -0.654. The first-order chi connectivity index (χ1) is 12.4. The lowest BCUT2D eigenvalue weighted by Gasteiger charge is -2.15. The van der Waals surface area contributed by atoms with E-state index in [-0.39, 0.29) is 10.9 Å². The summed E-state index contributed by atoms with van der Waals surface area (Å²) in [4.78, 5) is 21.7. The van der Waals surface area contributed by atoms with E-state index in [9.17, 15) is 14.9 Å². The molecule has 0 unspecified atom stereocenters. The van der Waals surface area contributed by atoms with Crippen LogP contribution < -0.4 is 16.2 Å². The molecule has 136 valence electrons. The van der Waals surface area contributed by atoms with Crippen LogP contribution in [-0.4, -0.2) is 15.9 Å². The molecular formula is C17H18N4O4S. The summed E-state index contributed by atoms with van der Waals surface area (Å²) in [6.45, 7) is 4.01. The van der Waals surface area contributed by atoms with E-state index < -0.39 is 16.7 Å². The molecule has 1 amide bonds. The zero-order valence-electron chi connectivity index (χ0n) is 14.2. The highest BCUT2D eigenvalue weighted by molar-refractivity contribution is 7.80. The highest BCUT2D eigenvalue weighted by atomic mass is 32.1. The number of nitro groups is 1. The van der Waals surface area contributed by atoms with E-state index in [1.807, 2.05) is 32.0 Å². The third kappa shape index (κ3) is 5.15. The first kappa shape index (κ1) is 19.1. The van der Waals surface area contributed by atoms with Gasteiger partial charge in [0, 0.05) is 11.8 Å². The van der Waals surface area contributed by atoms with E-state index in [1.165, 1.54) is 24.3 Å². The van der Waals surface area contributed by atoms with Crippen molar-refractivity contribution in [3.8, 4) is 0 Å². The van der Waals surface area contributed by atoms with Crippen LogP contribution in [0.5, 0.6) is 0 Å². The minimum absolute atomic E-state index is 0.194. The molecule has 1 aromatic carbocycles. The predicted molar refractivity (Wildman–Crippen MR) is 102 cm³/mol. The Morgan fingerprint density at radius 2 is 2.08 bits per heavy atom. The van der Waals surface area contributed by atoms with Crippen molar-refractivity contribution in [1.82, 2.24) is 10.9 Å². The van der Waals surface area contributed by atoms with Gasteiger partial charge in [-0.25, -0.2) is 0 Å². The molecule has 0 bridgehead atoms. The van der Waals surface area contributed by atoms with Crippen LogP contribution in [0.25, 0.3) is 6.08 Å². The average Bonchev–Trinajstić information content (AvgIpc) is 3.09. The summed E-state index contributed by atoms with van der Waals surface area (Å²) in [5, 5.41) is 13.8. The van der Waals surface area contributed by atoms with Crippen LogP contribution in [0.3, 0.4) is 0 Å². The van der Waals surface area contributed by atoms with Gasteiger partial charge >= 0.3 is 5.88 Å². The van der Waals surface area contributed by atoms with E-state index in [2.05, 4.69) is 16.2 Å². The zero-order chi connectivity index (χ0) is 19.1. The highest BCUT2D eigenvalue weighted by Crippen LogP contribution is 2.20. The summed E-state index contributed by atoms with van der Waals surface area (Å²) in [5.74, 6) is -0.688. The van der Waals surface area contributed by atoms with Gasteiger partial charge in [0.05, 0.1) is 6.07 Å². The van der Waals surface area contributed by atoms with Crippen LogP contribution in [-0.2, 0) is 11.2 Å². The number of furan rings is 1. The molecule has 0 fully saturated rings. The van der Waals surface area contributed by atoms with Crippen molar-refractivity contribution in [2.45, 2.75) is 20.3 Å². The number of hydrazine groups is 1. The summed E-state index contributed by atoms with van der Waals surface area (Å²) in [6, 6.07) is 8.55. The van der Waals surface area contributed by atoms with Crippen molar-refractivity contribution >= 4 is 40.9 Å². The van der Waals surface area contributed by atoms with Crippen LogP contribution in [0.1, 0.15) is 23.8 Å². The van der Waals surface area contributed by atoms with Crippen LogP contribution in [0.2, 0.25) is 0 Å². The number of anilines is 1. The lowest BCUT2D eigenvalue weighted by atomic mass is 10.1. The average molecular weight is 374 g/mol. The number of carbonyl (C=O) groups excluding carboxylic acids is 1. The standard InChI is InChI=1S/C17H18N4O4S/c1-3-12-6-4-5-11(2)16(12)18-17(26)20-19-14(22)9-7-13-8-10-15(25-13)21(23)24/h4-10H,3H2,1-2H3,(H,19,22)(H2,18,20,26)/b9-7+. The Kier molecular flexibility index (Phi) is 6.45. The van der Waals surface area contributed by atoms with Gasteiger partial charge in [-0.1, -0.05) is 25.1 Å². The lowest BCUT2D eigenvalue weighted by Crippen LogP contribution is -2.43. The van der Waals surface area contributed by atoms with E-state index in [4.69, 9.17) is 16.6 Å². The second-order valence-electron chi connectivity index (χ2n) is 5.30. The fourth-order valence-corrected chi connectivity index (χ4v) is 2.35. The molecule has 2 aromatic rings. The van der Waals surface area contributed by atoms with Gasteiger partial charge in [0.1, 0.15) is 10.7 Å². The van der Waals surface area contributed by atoms with Gasteiger partial charge in [-0.2, -0.15) is 0 Å². The van der Waals surface area contributed by atoms with Crippen molar-refractivity contribution < 1.29 is 14.1 Å². The van der Waals surface area contributed by atoms with Crippen LogP contribution in [0.15, 0.2) is 40.8 Å². The number of carbonyl (C=O) groups is 1. The van der Waals surface area contributed by atoms with Crippen LogP contribution >= 0.6 is 12.2 Å². The highest BCUT2D eigenvalue weighted by Gasteiger charge is 2.10. The SMILES string of the molecule is CCc1cccc(C)c1NC(=S)NNC(=O)/C=C/c1ccc([N+](=O)[O-])o1. The van der Waals surface area contributed by atoms with Crippen molar-refractivity contribution in [2.75, 3.05) is 5.32 Å². The van der Waals surface area contributed by atoms with E-state index in [1.54, 1.807) is 0 Å². The molecule has 9 heteroatoms. The van der Waals surface area contributed by atoms with E-state index in [0.717, 1.165) is 23.2 Å². The van der Waals surface area contributed by atoms with Crippen LogP contribution in [0, 0.1) is 17.0 Å². The Labute approximate surface area is 155 Å². The van der Waals surface area contributed by atoms with Crippen molar-refractivity contribution in [2.24, 2.45) is 0 Å². The molecule has 2 rings (SSSR count). The van der Waals surface area contributed by atoms with E-state index in [0.29, 0.717) is 0 Å². The third-order valence-electron chi connectivity index (χ3n) is 3.47. The summed E-state index contributed by atoms with van der Waals surface area (Å²) >= 11 is 5.18. The molecule has 3 N–H and O–H groups in total. The first-order valence-corrected chi connectivity index (χ1v) is 8.19. The molecule has 0 spiro atoms. The molecule has 0 aliphatic rings. The first-order valence-electron chi connectivity index (χ1n) is 7.78. The number of thiocarbonyl (C=S) groups is 1. The maximum Gasteiger partial charge on any atom is 0.433 e. The smallest absolute Gasteiger partial charge is 0.401 e. The fourth-order valence-electron chi connectivity index (χ4n) is 2.19. The quantitative estimate of drug-likeness (QED) is 0.319. The molecule has 1 aromatic heterocycles. The number of para-hydroxylation sites is 1. The normalized spacial score (nSPS) is 10.5. The van der Waals surface area contributed by atoms with Gasteiger partial charge < -0.3 is 9.73 Å². The van der Waals surface area contributed by atoms with Crippen molar-refractivity contribution in [3.05, 3.63) is 63.4 Å². The molecule has 0 aliphatic heterocycles. The van der Waals surface area contributed by atoms with Crippen LogP contribution in [0.4, 0.5) is 11.6 Å². The predicted octanol–water partition coefficient (Wildman–Crippen LogP) is 3.09. The summed E-state index contributed by atoms with van der Waals surface area (Å²) in [6.07, 6.45) is 3.33. The zero-order valence-corrected chi connectivity index (χ0v) is 15.1. The van der Waals surface area contributed by atoms with Gasteiger partial charge in [-0.3, -0.25) is 25.8 Å². The van der Waals surface area contributed by atoms with Gasteiger partial charge in [0.15, 0.2) is 5.11 Å². The second-order valence-corrected chi connectivity index (χ2v) is 5.71. The molecule has 0 radical (unpaired) electrons. The minimum Gasteiger partial charge on any atom is -0.401 e. The number of hydrogen-bond acceptors (Lipinski definition) is 5. The summed E-state index contributed by atoms with van der Waals surface area (Å²) in [7, 11) is 0. The fraction of sp³-hybridized carbons (Fsp3) is 0.176. The molecule has 0 saturated heterocycles. The number of amides is 1. The van der Waals surface area contributed by atoms with Gasteiger partial charge in [-0.05, 0) is 48.8 Å². The Morgan fingerprint density at radius 1 is 1.31 bits per heavy atom. The number of rotatable bonds is 5. The number of nitrogens with one attached hydrogen (secondary N) is 3. The van der Waals surface area contributed by atoms with Crippen molar-refractivity contribution in [1.29, 1.82) is 0 Å².